The summed E-state index contributed by atoms with van der Waals surface area (Å²) in [5, 5.41) is 8.78. The van der Waals surface area contributed by atoms with Crippen LogP contribution in [0.1, 0.15) is 51.9 Å². The lowest BCUT2D eigenvalue weighted by Crippen LogP contribution is -2.39. The highest BCUT2D eigenvalue weighted by molar-refractivity contribution is 6.31. The van der Waals surface area contributed by atoms with Crippen molar-refractivity contribution < 1.29 is 0 Å². The smallest absolute Gasteiger partial charge is 0.0860 e. The SMILES string of the molecule is CCCC(C)(C)NCc1c(Cl)c(C)nn1CC. The molecule has 98 valence electrons. The Balaban J connectivity index is 2.75. The first-order valence-electron chi connectivity index (χ1n) is 6.38. The summed E-state index contributed by atoms with van der Waals surface area (Å²) in [7, 11) is 0. The van der Waals surface area contributed by atoms with Crippen LogP contribution < -0.4 is 5.32 Å². The van der Waals surface area contributed by atoms with Crippen molar-refractivity contribution in [3.05, 3.63) is 16.4 Å². The highest BCUT2D eigenvalue weighted by Crippen LogP contribution is 2.21. The molecule has 0 saturated heterocycles. The molecule has 0 aromatic carbocycles. The lowest BCUT2D eigenvalue weighted by molar-refractivity contribution is 0.350. The van der Waals surface area contributed by atoms with Crippen LogP contribution in [0.3, 0.4) is 0 Å². The van der Waals surface area contributed by atoms with E-state index in [1.807, 2.05) is 11.6 Å². The van der Waals surface area contributed by atoms with Gasteiger partial charge in [-0.2, -0.15) is 5.10 Å². The molecule has 1 heterocycles. The fraction of sp³-hybridized carbons (Fsp3) is 0.769. The van der Waals surface area contributed by atoms with Crippen LogP contribution in [-0.4, -0.2) is 15.3 Å². The number of rotatable bonds is 6. The Morgan fingerprint density at radius 3 is 2.53 bits per heavy atom. The van der Waals surface area contributed by atoms with Gasteiger partial charge in [-0.3, -0.25) is 4.68 Å². The monoisotopic (exact) mass is 257 g/mol. The fourth-order valence-corrected chi connectivity index (χ4v) is 2.28. The van der Waals surface area contributed by atoms with E-state index in [2.05, 4.69) is 38.1 Å². The van der Waals surface area contributed by atoms with E-state index in [1.165, 1.54) is 6.42 Å². The second-order valence-corrected chi connectivity index (χ2v) is 5.53. The van der Waals surface area contributed by atoms with Gasteiger partial charge < -0.3 is 5.32 Å². The Morgan fingerprint density at radius 2 is 2.00 bits per heavy atom. The molecular weight excluding hydrogens is 234 g/mol. The molecule has 1 aromatic rings. The predicted octanol–water partition coefficient (Wildman–Crippen LogP) is 3.53. The molecule has 17 heavy (non-hydrogen) atoms. The van der Waals surface area contributed by atoms with Gasteiger partial charge in [0.15, 0.2) is 0 Å². The molecule has 4 heteroatoms. The van der Waals surface area contributed by atoms with E-state index in [0.717, 1.165) is 35.9 Å². The summed E-state index contributed by atoms with van der Waals surface area (Å²) < 4.78 is 1.98. The number of aryl methyl sites for hydroxylation is 2. The Bertz CT molecular complexity index is 369. The summed E-state index contributed by atoms with van der Waals surface area (Å²) in [5.74, 6) is 0. The van der Waals surface area contributed by atoms with Crippen LogP contribution in [0.25, 0.3) is 0 Å². The molecule has 0 atom stereocenters. The van der Waals surface area contributed by atoms with Crippen LogP contribution >= 0.6 is 11.6 Å². The lowest BCUT2D eigenvalue weighted by atomic mass is 9.99. The van der Waals surface area contributed by atoms with Gasteiger partial charge >= 0.3 is 0 Å². The Morgan fingerprint density at radius 1 is 1.35 bits per heavy atom. The molecule has 0 spiro atoms. The normalized spacial score (nSPS) is 12.1. The van der Waals surface area contributed by atoms with E-state index >= 15 is 0 Å². The van der Waals surface area contributed by atoms with Crippen LogP contribution in [0.2, 0.25) is 5.02 Å². The molecule has 0 saturated carbocycles. The topological polar surface area (TPSA) is 29.9 Å². The van der Waals surface area contributed by atoms with Crippen molar-refractivity contribution in [2.75, 3.05) is 0 Å². The van der Waals surface area contributed by atoms with Crippen molar-refractivity contribution >= 4 is 11.6 Å². The molecule has 0 amide bonds. The van der Waals surface area contributed by atoms with Gasteiger partial charge in [-0.1, -0.05) is 24.9 Å². The van der Waals surface area contributed by atoms with Crippen molar-refractivity contribution in [1.29, 1.82) is 0 Å². The minimum atomic E-state index is 0.148. The zero-order valence-electron chi connectivity index (χ0n) is 11.6. The summed E-state index contributed by atoms with van der Waals surface area (Å²) in [5.41, 5.74) is 2.16. The van der Waals surface area contributed by atoms with Crippen LogP contribution in [0, 0.1) is 6.92 Å². The molecule has 0 bridgehead atoms. The van der Waals surface area contributed by atoms with E-state index < -0.39 is 0 Å². The van der Waals surface area contributed by atoms with Gasteiger partial charge in [0.25, 0.3) is 0 Å². The standard InChI is InChI=1S/C13H24ClN3/c1-6-8-13(4,5)15-9-11-12(14)10(3)16-17(11)7-2/h15H,6-9H2,1-5H3. The predicted molar refractivity (Wildman–Crippen MR) is 73.5 cm³/mol. The van der Waals surface area contributed by atoms with Crippen LogP contribution in [0.15, 0.2) is 0 Å². The average molecular weight is 258 g/mol. The second-order valence-electron chi connectivity index (χ2n) is 5.15. The molecule has 0 aliphatic carbocycles. The zero-order chi connectivity index (χ0) is 13.1. The molecule has 0 unspecified atom stereocenters. The molecular formula is C13H24ClN3. The Kier molecular flexibility index (Phi) is 5.02. The molecule has 0 aliphatic rings. The van der Waals surface area contributed by atoms with Crippen molar-refractivity contribution in [2.45, 2.75) is 66.1 Å². The molecule has 1 rings (SSSR count). The molecule has 0 fully saturated rings. The maximum absolute atomic E-state index is 6.28. The Labute approximate surface area is 110 Å². The van der Waals surface area contributed by atoms with Gasteiger partial charge in [-0.05, 0) is 34.1 Å². The quantitative estimate of drug-likeness (QED) is 0.845. The first-order chi connectivity index (χ1) is 7.91. The maximum Gasteiger partial charge on any atom is 0.0860 e. The highest BCUT2D eigenvalue weighted by atomic mass is 35.5. The lowest BCUT2D eigenvalue weighted by Gasteiger charge is -2.26. The highest BCUT2D eigenvalue weighted by Gasteiger charge is 2.18. The average Bonchev–Trinajstić information content (AvgIpc) is 2.52. The number of nitrogens with zero attached hydrogens (tertiary/aromatic N) is 2. The number of hydrogen-bond acceptors (Lipinski definition) is 2. The van der Waals surface area contributed by atoms with Crippen LogP contribution in [0.4, 0.5) is 0 Å². The largest absolute Gasteiger partial charge is 0.306 e. The van der Waals surface area contributed by atoms with E-state index in [0.29, 0.717) is 0 Å². The second kappa shape index (κ2) is 5.87. The molecule has 1 N–H and O–H groups in total. The molecule has 0 radical (unpaired) electrons. The van der Waals surface area contributed by atoms with Crippen molar-refractivity contribution in [2.24, 2.45) is 0 Å². The third kappa shape index (κ3) is 3.71. The molecule has 1 aromatic heterocycles. The summed E-state index contributed by atoms with van der Waals surface area (Å²) in [6.45, 7) is 12.3. The van der Waals surface area contributed by atoms with E-state index in [1.54, 1.807) is 0 Å². The number of hydrogen-bond donors (Lipinski definition) is 1. The summed E-state index contributed by atoms with van der Waals surface area (Å²) in [6, 6.07) is 0. The first kappa shape index (κ1) is 14.5. The first-order valence-corrected chi connectivity index (χ1v) is 6.76. The third-order valence-electron chi connectivity index (χ3n) is 3.06. The van der Waals surface area contributed by atoms with Gasteiger partial charge in [0, 0.05) is 18.6 Å². The molecule has 0 aliphatic heterocycles. The van der Waals surface area contributed by atoms with Crippen molar-refractivity contribution in [1.82, 2.24) is 15.1 Å². The van der Waals surface area contributed by atoms with Crippen LogP contribution in [-0.2, 0) is 13.1 Å². The number of nitrogens with one attached hydrogen (secondary N) is 1. The van der Waals surface area contributed by atoms with Gasteiger partial charge in [0.1, 0.15) is 0 Å². The zero-order valence-corrected chi connectivity index (χ0v) is 12.4. The summed E-state index contributed by atoms with van der Waals surface area (Å²) in [6.07, 6.45) is 2.34. The van der Waals surface area contributed by atoms with Gasteiger partial charge in [0.2, 0.25) is 0 Å². The minimum absolute atomic E-state index is 0.148. The fourth-order valence-electron chi connectivity index (χ4n) is 2.07. The molecule has 3 nitrogen and oxygen atoms in total. The van der Waals surface area contributed by atoms with Crippen molar-refractivity contribution in [3.63, 3.8) is 0 Å². The van der Waals surface area contributed by atoms with Crippen molar-refractivity contribution in [3.8, 4) is 0 Å². The minimum Gasteiger partial charge on any atom is -0.306 e. The Hall–Kier alpha value is -0.540. The maximum atomic E-state index is 6.28. The van der Waals surface area contributed by atoms with E-state index in [9.17, 15) is 0 Å². The number of halogens is 1. The van der Waals surface area contributed by atoms with E-state index in [-0.39, 0.29) is 5.54 Å². The number of aromatic nitrogens is 2. The third-order valence-corrected chi connectivity index (χ3v) is 3.55. The summed E-state index contributed by atoms with van der Waals surface area (Å²) in [4.78, 5) is 0. The van der Waals surface area contributed by atoms with E-state index in [4.69, 9.17) is 11.6 Å². The van der Waals surface area contributed by atoms with Gasteiger partial charge in [-0.15, -0.1) is 0 Å². The van der Waals surface area contributed by atoms with Crippen LogP contribution in [0.5, 0.6) is 0 Å². The van der Waals surface area contributed by atoms with Gasteiger partial charge in [-0.25, -0.2) is 0 Å². The summed E-state index contributed by atoms with van der Waals surface area (Å²) >= 11 is 6.28. The van der Waals surface area contributed by atoms with Gasteiger partial charge in [0.05, 0.1) is 16.4 Å².